The molecule has 2 aliphatic heterocycles. The van der Waals surface area contributed by atoms with Crippen molar-refractivity contribution in [2.75, 3.05) is 0 Å². The van der Waals surface area contributed by atoms with E-state index >= 15 is 0 Å². The van der Waals surface area contributed by atoms with Gasteiger partial charge in [0.2, 0.25) is 23.1 Å². The molecule has 2 saturated carbocycles. The third-order valence-corrected chi connectivity index (χ3v) is 4.73. The number of hydrogen-bond donors (Lipinski definition) is 2. The summed E-state index contributed by atoms with van der Waals surface area (Å²) in [7, 11) is 0. The summed E-state index contributed by atoms with van der Waals surface area (Å²) in [6.45, 7) is 0. The molecule has 17 heavy (non-hydrogen) atoms. The minimum atomic E-state index is -1.37. The smallest absolute Gasteiger partial charge is 0.229 e. The monoisotopic (exact) mass is 242 g/mol. The lowest BCUT2D eigenvalue weighted by Gasteiger charge is -2.49. The summed E-state index contributed by atoms with van der Waals surface area (Å²) in [6, 6.07) is 0. The zero-order valence-corrected chi connectivity index (χ0v) is 9.78. The Balaban J connectivity index is 1.80. The maximum atomic E-state index is 10.6. The van der Waals surface area contributed by atoms with Crippen molar-refractivity contribution in [1.82, 2.24) is 0 Å². The summed E-state index contributed by atoms with van der Waals surface area (Å²) >= 11 is 0. The first-order valence-electron chi connectivity index (χ1n) is 6.59. The van der Waals surface area contributed by atoms with E-state index < -0.39 is 23.1 Å². The first-order valence-corrected chi connectivity index (χ1v) is 6.59. The van der Waals surface area contributed by atoms with Crippen LogP contribution in [0.5, 0.6) is 0 Å². The van der Waals surface area contributed by atoms with Crippen molar-refractivity contribution in [1.29, 1.82) is 0 Å². The highest BCUT2D eigenvalue weighted by molar-refractivity contribution is 5.12. The number of ether oxygens (including phenoxy) is 3. The van der Waals surface area contributed by atoms with E-state index in [-0.39, 0.29) is 0 Å². The molecule has 4 fully saturated rings. The summed E-state index contributed by atoms with van der Waals surface area (Å²) < 4.78 is 17.5. The second-order valence-corrected chi connectivity index (χ2v) is 5.79. The number of rotatable bonds is 0. The van der Waals surface area contributed by atoms with Gasteiger partial charge in [-0.25, -0.2) is 0 Å². The van der Waals surface area contributed by atoms with Crippen molar-refractivity contribution in [3.8, 4) is 0 Å². The molecule has 5 nitrogen and oxygen atoms in total. The van der Waals surface area contributed by atoms with Crippen LogP contribution in [-0.2, 0) is 14.2 Å². The lowest BCUT2D eigenvalue weighted by Crippen LogP contribution is -2.65. The molecule has 2 spiro atoms. The molecule has 4 aliphatic rings. The van der Waals surface area contributed by atoms with E-state index in [1.54, 1.807) is 0 Å². The van der Waals surface area contributed by atoms with Gasteiger partial charge in [-0.1, -0.05) is 0 Å². The van der Waals surface area contributed by atoms with Crippen LogP contribution in [-0.4, -0.2) is 33.4 Å². The molecule has 0 amide bonds. The first-order chi connectivity index (χ1) is 8.04. The maximum absolute atomic E-state index is 10.6. The van der Waals surface area contributed by atoms with E-state index in [9.17, 15) is 10.2 Å². The lowest BCUT2D eigenvalue weighted by molar-refractivity contribution is -0.436. The van der Waals surface area contributed by atoms with Crippen molar-refractivity contribution < 1.29 is 24.4 Å². The molecule has 0 unspecified atom stereocenters. The molecular formula is C12H18O5. The largest absolute Gasteiger partial charge is 0.361 e. The quantitative estimate of drug-likeness (QED) is 0.662. The topological polar surface area (TPSA) is 68.2 Å². The predicted octanol–water partition coefficient (Wildman–Crippen LogP) is 0.981. The lowest BCUT2D eigenvalue weighted by atomic mass is 9.84. The molecule has 5 heteroatoms. The number of aliphatic hydroxyl groups is 2. The Morgan fingerprint density at radius 3 is 1.47 bits per heavy atom. The third-order valence-electron chi connectivity index (χ3n) is 4.73. The minimum Gasteiger partial charge on any atom is -0.361 e. The van der Waals surface area contributed by atoms with Gasteiger partial charge in [0.05, 0.1) is 0 Å². The predicted molar refractivity (Wildman–Crippen MR) is 55.6 cm³/mol. The normalized spacial score (nSPS) is 61.1. The van der Waals surface area contributed by atoms with Crippen LogP contribution in [0.25, 0.3) is 0 Å². The van der Waals surface area contributed by atoms with Gasteiger partial charge in [0.1, 0.15) is 0 Å². The molecule has 4 rings (SSSR count). The van der Waals surface area contributed by atoms with Gasteiger partial charge in [-0.05, 0) is 25.7 Å². The molecule has 2 aliphatic carbocycles. The van der Waals surface area contributed by atoms with Crippen molar-refractivity contribution in [3.05, 3.63) is 0 Å². The highest BCUT2D eigenvalue weighted by Gasteiger charge is 2.81. The van der Waals surface area contributed by atoms with E-state index in [1.807, 2.05) is 0 Å². The van der Waals surface area contributed by atoms with Crippen LogP contribution in [0.15, 0.2) is 0 Å². The molecule has 2 N–H and O–H groups in total. The van der Waals surface area contributed by atoms with Crippen LogP contribution >= 0.6 is 0 Å². The maximum Gasteiger partial charge on any atom is 0.229 e. The standard InChI is InChI=1S/C12H18O5/c13-9-5-1-3-7-11(9)16-10(14)6-2-4-8-12(10,15-9)17-11/h13-14H,1-8H2/t9-,10-,11+,12+/m0/s1. The van der Waals surface area contributed by atoms with Crippen molar-refractivity contribution in [2.24, 2.45) is 0 Å². The summed E-state index contributed by atoms with van der Waals surface area (Å²) in [4.78, 5) is 0. The molecule has 2 heterocycles. The second kappa shape index (κ2) is 2.86. The van der Waals surface area contributed by atoms with Gasteiger partial charge in [0, 0.05) is 25.7 Å². The van der Waals surface area contributed by atoms with Gasteiger partial charge >= 0.3 is 0 Å². The first kappa shape index (κ1) is 10.7. The zero-order valence-electron chi connectivity index (χ0n) is 9.78. The van der Waals surface area contributed by atoms with Crippen LogP contribution in [0.3, 0.4) is 0 Å². The molecule has 0 aromatic rings. The van der Waals surface area contributed by atoms with E-state index in [4.69, 9.17) is 14.2 Å². The van der Waals surface area contributed by atoms with Crippen LogP contribution in [0.2, 0.25) is 0 Å². The molecule has 96 valence electrons. The van der Waals surface area contributed by atoms with Crippen molar-refractivity contribution in [2.45, 2.75) is 74.5 Å². The Kier molecular flexibility index (Phi) is 1.80. The highest BCUT2D eigenvalue weighted by atomic mass is 17.0. The van der Waals surface area contributed by atoms with Gasteiger partial charge in [-0.2, -0.15) is 0 Å². The average molecular weight is 242 g/mol. The van der Waals surface area contributed by atoms with Gasteiger partial charge in [-0.15, -0.1) is 0 Å². The van der Waals surface area contributed by atoms with Gasteiger partial charge in [-0.3, -0.25) is 0 Å². The molecule has 0 aromatic heterocycles. The Morgan fingerprint density at radius 1 is 0.588 bits per heavy atom. The molecule has 2 saturated heterocycles. The molecule has 2 bridgehead atoms. The molecule has 0 aromatic carbocycles. The van der Waals surface area contributed by atoms with E-state index in [2.05, 4.69) is 0 Å². The van der Waals surface area contributed by atoms with Gasteiger partial charge in [0.25, 0.3) is 0 Å². The summed E-state index contributed by atoms with van der Waals surface area (Å²) in [5.41, 5.74) is 0. The Bertz CT molecular complexity index is 332. The van der Waals surface area contributed by atoms with Crippen molar-refractivity contribution >= 4 is 0 Å². The van der Waals surface area contributed by atoms with E-state index in [1.165, 1.54) is 0 Å². The van der Waals surface area contributed by atoms with Crippen LogP contribution in [0.4, 0.5) is 0 Å². The van der Waals surface area contributed by atoms with Gasteiger partial charge < -0.3 is 24.4 Å². The fraction of sp³-hybridized carbons (Fsp3) is 1.00. The fourth-order valence-electron chi connectivity index (χ4n) is 3.85. The second-order valence-electron chi connectivity index (χ2n) is 5.79. The molecule has 0 radical (unpaired) electrons. The van der Waals surface area contributed by atoms with E-state index in [0.29, 0.717) is 25.7 Å². The van der Waals surface area contributed by atoms with Gasteiger partial charge in [0.15, 0.2) is 0 Å². The Morgan fingerprint density at radius 2 is 1.00 bits per heavy atom. The summed E-state index contributed by atoms with van der Waals surface area (Å²) in [5.74, 6) is -5.00. The summed E-state index contributed by atoms with van der Waals surface area (Å²) in [5, 5.41) is 21.1. The van der Waals surface area contributed by atoms with Crippen molar-refractivity contribution in [3.63, 3.8) is 0 Å². The Hall–Kier alpha value is -0.200. The summed E-state index contributed by atoms with van der Waals surface area (Å²) in [6.07, 6.45) is 5.88. The zero-order chi connectivity index (χ0) is 11.8. The molecule has 4 atom stereocenters. The number of hydrogen-bond acceptors (Lipinski definition) is 5. The van der Waals surface area contributed by atoms with E-state index in [0.717, 1.165) is 25.7 Å². The third kappa shape index (κ3) is 1.04. The molecular weight excluding hydrogens is 224 g/mol. The average Bonchev–Trinajstić information content (AvgIpc) is 2.68. The van der Waals surface area contributed by atoms with Crippen LogP contribution in [0.1, 0.15) is 51.4 Å². The van der Waals surface area contributed by atoms with Crippen LogP contribution in [0, 0.1) is 0 Å². The minimum absolute atomic E-state index is 0.519. The van der Waals surface area contributed by atoms with Crippen LogP contribution < -0.4 is 0 Å². The Labute approximate surface area is 99.7 Å². The fourth-order valence-corrected chi connectivity index (χ4v) is 3.85. The highest BCUT2D eigenvalue weighted by Crippen LogP contribution is 2.65. The SMILES string of the molecule is O[C@]12CCCC[C@@]13O[C@@]1(CCCC[C@]1(O)O3)O2.